The van der Waals surface area contributed by atoms with Crippen molar-refractivity contribution < 1.29 is 13.9 Å². The second kappa shape index (κ2) is 8.75. The summed E-state index contributed by atoms with van der Waals surface area (Å²) in [6, 6.07) is 10.0. The van der Waals surface area contributed by atoms with E-state index in [1.54, 1.807) is 18.3 Å². The lowest BCUT2D eigenvalue weighted by molar-refractivity contribution is -0.170. The van der Waals surface area contributed by atoms with E-state index in [4.69, 9.17) is 9.47 Å². The third-order valence-corrected chi connectivity index (χ3v) is 4.17. The van der Waals surface area contributed by atoms with Crippen molar-refractivity contribution in [3.05, 3.63) is 54.0 Å². The number of benzene rings is 1. The van der Waals surface area contributed by atoms with E-state index in [0.717, 1.165) is 23.2 Å². The quantitative estimate of drug-likeness (QED) is 0.773. The molecule has 1 aliphatic heterocycles. The topological polar surface area (TPSA) is 31.4 Å². The molecule has 0 radical (unpaired) electrons. The lowest BCUT2D eigenvalue weighted by Gasteiger charge is -2.26. The van der Waals surface area contributed by atoms with Crippen LogP contribution in [0.3, 0.4) is 0 Å². The first-order chi connectivity index (χ1) is 12.2. The summed E-state index contributed by atoms with van der Waals surface area (Å²) in [6.07, 6.45) is 4.79. The molecule has 1 saturated heterocycles. The Morgan fingerprint density at radius 1 is 1.12 bits per heavy atom. The molecule has 0 bridgehead atoms. The number of hydrogen-bond acceptors (Lipinski definition) is 3. The Morgan fingerprint density at radius 2 is 1.88 bits per heavy atom. The van der Waals surface area contributed by atoms with Crippen molar-refractivity contribution in [2.45, 2.75) is 32.5 Å². The maximum Gasteiger partial charge on any atom is 0.222 e. The number of unbranched alkanes of at least 4 members (excludes halogenated alkanes) is 1. The smallest absolute Gasteiger partial charge is 0.222 e. The monoisotopic (exact) mass is 339 g/mol. The highest BCUT2D eigenvalue weighted by Gasteiger charge is 2.20. The molecule has 0 spiro atoms. The second-order valence-corrected chi connectivity index (χ2v) is 6.22. The van der Waals surface area contributed by atoms with Crippen molar-refractivity contribution in [1.29, 1.82) is 0 Å². The highest BCUT2D eigenvalue weighted by atomic mass is 19.1. The zero-order valence-electron chi connectivity index (χ0n) is 14.4. The predicted molar refractivity (Wildman–Crippen MR) is 95.2 cm³/mol. The van der Waals surface area contributed by atoms with Gasteiger partial charge in [-0.25, -0.2) is 4.39 Å². The summed E-state index contributed by atoms with van der Waals surface area (Å²) in [5.74, 6) is 6.26. The van der Waals surface area contributed by atoms with E-state index in [9.17, 15) is 4.39 Å². The molecule has 130 valence electrons. The van der Waals surface area contributed by atoms with Crippen LogP contribution >= 0.6 is 0 Å². The first-order valence-electron chi connectivity index (χ1n) is 8.71. The standard InChI is InChI=1S/C21H22FNO2/c1-2-3-4-17-14-24-21(25-15-17)12-6-16-5-11-20(23-13-16)18-7-9-19(22)10-8-18/h5,7-11,13,17,21H,2-4,14-15H2,1H3/t17-,21-. The van der Waals surface area contributed by atoms with Gasteiger partial charge >= 0.3 is 0 Å². The summed E-state index contributed by atoms with van der Waals surface area (Å²) < 4.78 is 24.3. The van der Waals surface area contributed by atoms with Gasteiger partial charge in [0.15, 0.2) is 0 Å². The highest BCUT2D eigenvalue weighted by molar-refractivity contribution is 5.59. The zero-order chi connectivity index (χ0) is 17.5. The summed E-state index contributed by atoms with van der Waals surface area (Å²) in [7, 11) is 0. The summed E-state index contributed by atoms with van der Waals surface area (Å²) in [6.45, 7) is 3.61. The third-order valence-electron chi connectivity index (χ3n) is 4.17. The van der Waals surface area contributed by atoms with E-state index in [1.807, 2.05) is 12.1 Å². The van der Waals surface area contributed by atoms with Crippen LogP contribution in [0.1, 0.15) is 31.7 Å². The fourth-order valence-corrected chi connectivity index (χ4v) is 2.69. The Bertz CT molecular complexity index is 723. The molecule has 1 aliphatic rings. The van der Waals surface area contributed by atoms with Crippen molar-refractivity contribution in [3.8, 4) is 23.1 Å². The summed E-state index contributed by atoms with van der Waals surface area (Å²) >= 11 is 0. The van der Waals surface area contributed by atoms with Crippen molar-refractivity contribution in [1.82, 2.24) is 4.98 Å². The molecule has 2 aromatic rings. The number of hydrogen-bond donors (Lipinski definition) is 0. The number of halogens is 1. The van der Waals surface area contributed by atoms with Crippen LogP contribution in [0, 0.1) is 23.6 Å². The molecule has 3 rings (SSSR count). The molecule has 4 heteroatoms. The highest BCUT2D eigenvalue weighted by Crippen LogP contribution is 2.18. The van der Waals surface area contributed by atoms with Gasteiger partial charge in [0, 0.05) is 23.2 Å². The van der Waals surface area contributed by atoms with E-state index >= 15 is 0 Å². The zero-order valence-corrected chi connectivity index (χ0v) is 14.4. The molecule has 3 nitrogen and oxygen atoms in total. The molecule has 1 fully saturated rings. The van der Waals surface area contributed by atoms with Crippen LogP contribution < -0.4 is 0 Å². The van der Waals surface area contributed by atoms with Gasteiger partial charge in [0.25, 0.3) is 0 Å². The Morgan fingerprint density at radius 3 is 2.52 bits per heavy atom. The van der Waals surface area contributed by atoms with Gasteiger partial charge < -0.3 is 9.47 Å². The van der Waals surface area contributed by atoms with Crippen LogP contribution in [0.5, 0.6) is 0 Å². The molecule has 0 atom stereocenters. The SMILES string of the molecule is CCCC[C@H]1CO[C@H](C#Cc2ccc(-c3ccc(F)cc3)nc2)OC1. The van der Waals surface area contributed by atoms with Crippen LogP contribution in [0.4, 0.5) is 4.39 Å². The average molecular weight is 339 g/mol. The van der Waals surface area contributed by atoms with Gasteiger partial charge in [0.05, 0.1) is 18.9 Å². The molecule has 0 unspecified atom stereocenters. The molecule has 0 aliphatic carbocycles. The Balaban J connectivity index is 1.56. The van der Waals surface area contributed by atoms with Crippen LogP contribution in [-0.4, -0.2) is 24.5 Å². The molecular formula is C21H22FNO2. The minimum absolute atomic E-state index is 0.254. The number of rotatable bonds is 4. The van der Waals surface area contributed by atoms with Gasteiger partial charge in [-0.3, -0.25) is 4.98 Å². The largest absolute Gasteiger partial charge is 0.342 e. The number of ether oxygens (including phenoxy) is 2. The Hall–Kier alpha value is -2.22. The molecule has 1 aromatic carbocycles. The Labute approximate surface area is 148 Å². The van der Waals surface area contributed by atoms with Gasteiger partial charge in [0.1, 0.15) is 5.82 Å². The van der Waals surface area contributed by atoms with Gasteiger partial charge in [-0.1, -0.05) is 25.7 Å². The lowest BCUT2D eigenvalue weighted by atomic mass is 10.0. The van der Waals surface area contributed by atoms with E-state index < -0.39 is 6.29 Å². The minimum Gasteiger partial charge on any atom is -0.342 e. The van der Waals surface area contributed by atoms with Crippen LogP contribution in [-0.2, 0) is 9.47 Å². The van der Waals surface area contributed by atoms with Crippen LogP contribution in [0.15, 0.2) is 42.6 Å². The predicted octanol–water partition coefficient (Wildman–Crippen LogP) is 4.42. The third kappa shape index (κ3) is 5.12. The van der Waals surface area contributed by atoms with Gasteiger partial charge in [-0.15, -0.1) is 0 Å². The summed E-state index contributed by atoms with van der Waals surface area (Å²) in [4.78, 5) is 4.38. The second-order valence-electron chi connectivity index (χ2n) is 6.22. The molecular weight excluding hydrogens is 317 g/mol. The number of aromatic nitrogens is 1. The molecule has 25 heavy (non-hydrogen) atoms. The average Bonchev–Trinajstić information content (AvgIpc) is 2.67. The van der Waals surface area contributed by atoms with Gasteiger partial charge in [-0.05, 0) is 48.7 Å². The maximum atomic E-state index is 13.0. The molecule has 1 aromatic heterocycles. The van der Waals surface area contributed by atoms with Crippen molar-refractivity contribution >= 4 is 0 Å². The fraction of sp³-hybridized carbons (Fsp3) is 0.381. The minimum atomic E-state index is -0.463. The number of nitrogens with zero attached hydrogens (tertiary/aromatic N) is 1. The van der Waals surface area contributed by atoms with Crippen LogP contribution in [0.25, 0.3) is 11.3 Å². The molecule has 0 N–H and O–H groups in total. The van der Waals surface area contributed by atoms with E-state index in [-0.39, 0.29) is 5.82 Å². The van der Waals surface area contributed by atoms with Gasteiger partial charge in [0.2, 0.25) is 6.29 Å². The van der Waals surface area contributed by atoms with E-state index in [2.05, 4.69) is 23.7 Å². The van der Waals surface area contributed by atoms with E-state index in [1.165, 1.54) is 25.0 Å². The van der Waals surface area contributed by atoms with Crippen molar-refractivity contribution in [2.24, 2.45) is 5.92 Å². The fourth-order valence-electron chi connectivity index (χ4n) is 2.69. The number of pyridine rings is 1. The first-order valence-corrected chi connectivity index (χ1v) is 8.71. The van der Waals surface area contributed by atoms with Gasteiger partial charge in [-0.2, -0.15) is 0 Å². The first kappa shape index (κ1) is 17.6. The van der Waals surface area contributed by atoms with E-state index in [0.29, 0.717) is 19.1 Å². The lowest BCUT2D eigenvalue weighted by Crippen LogP contribution is -2.31. The summed E-state index contributed by atoms with van der Waals surface area (Å²) in [5, 5.41) is 0. The van der Waals surface area contributed by atoms with Crippen molar-refractivity contribution in [3.63, 3.8) is 0 Å². The molecule has 0 saturated carbocycles. The maximum absolute atomic E-state index is 13.0. The summed E-state index contributed by atoms with van der Waals surface area (Å²) in [5.41, 5.74) is 2.46. The van der Waals surface area contributed by atoms with Crippen molar-refractivity contribution in [2.75, 3.05) is 13.2 Å². The Kier molecular flexibility index (Phi) is 6.16. The van der Waals surface area contributed by atoms with Crippen LogP contribution in [0.2, 0.25) is 0 Å². The normalized spacial score (nSPS) is 19.9. The molecule has 2 heterocycles. The molecule has 0 amide bonds.